The summed E-state index contributed by atoms with van der Waals surface area (Å²) in [6.07, 6.45) is 2.50. The highest BCUT2D eigenvalue weighted by atomic mass is 16.5. The second-order valence-corrected chi connectivity index (χ2v) is 4.13. The van der Waals surface area contributed by atoms with E-state index in [1.807, 2.05) is 31.2 Å². The molecular formula is C14H17N3O. The Hall–Kier alpha value is -1.94. The van der Waals surface area contributed by atoms with Crippen LogP contribution < -0.4 is 10.5 Å². The van der Waals surface area contributed by atoms with Crippen molar-refractivity contribution in [3.05, 3.63) is 53.1 Å². The molecule has 1 aromatic heterocycles. The number of benzene rings is 1. The number of nitrogens with zero attached hydrogens (tertiary/aromatic N) is 2. The van der Waals surface area contributed by atoms with Gasteiger partial charge < -0.3 is 10.5 Å². The van der Waals surface area contributed by atoms with Crippen LogP contribution in [0.15, 0.2) is 30.5 Å². The quantitative estimate of drug-likeness (QED) is 0.890. The highest BCUT2D eigenvalue weighted by molar-refractivity contribution is 5.30. The first kappa shape index (κ1) is 12.5. The van der Waals surface area contributed by atoms with Gasteiger partial charge >= 0.3 is 0 Å². The summed E-state index contributed by atoms with van der Waals surface area (Å²) in [5, 5.41) is 0. The highest BCUT2D eigenvalue weighted by Gasteiger charge is 2.04. The lowest BCUT2D eigenvalue weighted by Crippen LogP contribution is -2.05. The van der Waals surface area contributed by atoms with Gasteiger partial charge in [-0.3, -0.25) is 0 Å². The summed E-state index contributed by atoms with van der Waals surface area (Å²) in [4.78, 5) is 8.79. The molecule has 1 heterocycles. The lowest BCUT2D eigenvalue weighted by molar-refractivity contribution is 0.414. The topological polar surface area (TPSA) is 61.0 Å². The third-order valence-corrected chi connectivity index (χ3v) is 2.85. The van der Waals surface area contributed by atoms with Gasteiger partial charge in [-0.05, 0) is 24.6 Å². The lowest BCUT2D eigenvalue weighted by atomic mass is 10.1. The van der Waals surface area contributed by atoms with Crippen molar-refractivity contribution >= 4 is 0 Å². The average molecular weight is 243 g/mol. The summed E-state index contributed by atoms with van der Waals surface area (Å²) < 4.78 is 5.20. The van der Waals surface area contributed by atoms with E-state index in [4.69, 9.17) is 10.5 Å². The number of nitrogens with two attached hydrogens (primary N) is 1. The minimum absolute atomic E-state index is 0.477. The molecule has 4 heteroatoms. The normalized spacial score (nSPS) is 10.4. The average Bonchev–Trinajstić information content (AvgIpc) is 2.39. The molecule has 0 atom stereocenters. The van der Waals surface area contributed by atoms with E-state index < -0.39 is 0 Å². The van der Waals surface area contributed by atoms with E-state index in [0.717, 1.165) is 28.4 Å². The molecule has 0 bridgehead atoms. The summed E-state index contributed by atoms with van der Waals surface area (Å²) in [6.45, 7) is 2.43. The van der Waals surface area contributed by atoms with E-state index in [1.54, 1.807) is 13.3 Å². The van der Waals surface area contributed by atoms with Crippen molar-refractivity contribution in [1.82, 2.24) is 9.97 Å². The van der Waals surface area contributed by atoms with Crippen LogP contribution in [0, 0.1) is 6.92 Å². The molecule has 0 aliphatic carbocycles. The minimum atomic E-state index is 0.477. The van der Waals surface area contributed by atoms with Crippen LogP contribution in [0.2, 0.25) is 0 Å². The number of methoxy groups -OCH3 is 1. The molecule has 1 aromatic carbocycles. The van der Waals surface area contributed by atoms with E-state index in [-0.39, 0.29) is 0 Å². The zero-order valence-corrected chi connectivity index (χ0v) is 10.7. The van der Waals surface area contributed by atoms with Gasteiger partial charge in [-0.1, -0.05) is 12.1 Å². The minimum Gasteiger partial charge on any atom is -0.497 e. The maximum Gasteiger partial charge on any atom is 0.132 e. The predicted molar refractivity (Wildman–Crippen MR) is 70.5 cm³/mol. The van der Waals surface area contributed by atoms with Gasteiger partial charge in [0.15, 0.2) is 0 Å². The first-order valence-electron chi connectivity index (χ1n) is 5.87. The molecule has 2 aromatic rings. The molecule has 0 aliphatic heterocycles. The van der Waals surface area contributed by atoms with Crippen molar-refractivity contribution in [2.75, 3.05) is 7.11 Å². The molecule has 94 valence electrons. The Labute approximate surface area is 107 Å². The second-order valence-electron chi connectivity index (χ2n) is 4.13. The number of aryl methyl sites for hydroxylation is 1. The van der Waals surface area contributed by atoms with E-state index in [0.29, 0.717) is 13.0 Å². The smallest absolute Gasteiger partial charge is 0.132 e. The SMILES string of the molecule is COc1cccc(Cc2ncc(CN)c(C)n2)c1. The maximum atomic E-state index is 5.59. The fourth-order valence-electron chi connectivity index (χ4n) is 1.79. The second kappa shape index (κ2) is 5.60. The highest BCUT2D eigenvalue weighted by Crippen LogP contribution is 2.15. The van der Waals surface area contributed by atoms with Crippen LogP contribution in [-0.2, 0) is 13.0 Å². The molecule has 18 heavy (non-hydrogen) atoms. The fraction of sp³-hybridized carbons (Fsp3) is 0.286. The standard InChI is InChI=1S/C14H17N3O/c1-10-12(8-15)9-16-14(17-10)7-11-4-3-5-13(6-11)18-2/h3-6,9H,7-8,15H2,1-2H3. The van der Waals surface area contributed by atoms with Crippen LogP contribution in [0.25, 0.3) is 0 Å². The molecule has 4 nitrogen and oxygen atoms in total. The summed E-state index contributed by atoms with van der Waals surface area (Å²) >= 11 is 0. The molecule has 0 fully saturated rings. The van der Waals surface area contributed by atoms with Gasteiger partial charge in [-0.2, -0.15) is 0 Å². The van der Waals surface area contributed by atoms with Gasteiger partial charge in [-0.25, -0.2) is 9.97 Å². The largest absolute Gasteiger partial charge is 0.497 e. The molecule has 0 aliphatic rings. The molecule has 0 saturated carbocycles. The van der Waals surface area contributed by atoms with Crippen LogP contribution in [-0.4, -0.2) is 17.1 Å². The first-order valence-corrected chi connectivity index (χ1v) is 5.87. The lowest BCUT2D eigenvalue weighted by Gasteiger charge is -2.06. The van der Waals surface area contributed by atoms with Gasteiger partial charge in [0.25, 0.3) is 0 Å². The van der Waals surface area contributed by atoms with Crippen molar-refractivity contribution in [1.29, 1.82) is 0 Å². The van der Waals surface area contributed by atoms with E-state index in [1.165, 1.54) is 0 Å². The summed E-state index contributed by atoms with van der Waals surface area (Å²) in [6, 6.07) is 7.93. The molecule has 0 amide bonds. The van der Waals surface area contributed by atoms with Crippen LogP contribution in [0.5, 0.6) is 5.75 Å². The predicted octanol–water partition coefficient (Wildman–Crippen LogP) is 1.84. The number of hydrogen-bond donors (Lipinski definition) is 1. The van der Waals surface area contributed by atoms with Crippen molar-refractivity contribution in [2.45, 2.75) is 19.9 Å². The molecule has 2 N–H and O–H groups in total. The third kappa shape index (κ3) is 2.84. The molecular weight excluding hydrogens is 226 g/mol. The van der Waals surface area contributed by atoms with E-state index in [2.05, 4.69) is 9.97 Å². The van der Waals surface area contributed by atoms with E-state index >= 15 is 0 Å². The number of aromatic nitrogens is 2. The van der Waals surface area contributed by atoms with Crippen LogP contribution in [0.3, 0.4) is 0 Å². The van der Waals surface area contributed by atoms with Gasteiger partial charge in [0.05, 0.1) is 7.11 Å². The summed E-state index contributed by atoms with van der Waals surface area (Å²) in [7, 11) is 1.66. The van der Waals surface area contributed by atoms with Gasteiger partial charge in [0.1, 0.15) is 11.6 Å². The molecule has 0 saturated heterocycles. The van der Waals surface area contributed by atoms with Crippen LogP contribution >= 0.6 is 0 Å². The molecule has 0 spiro atoms. The Balaban J connectivity index is 2.20. The Bertz CT molecular complexity index is 540. The Morgan fingerprint density at radius 1 is 1.33 bits per heavy atom. The van der Waals surface area contributed by atoms with E-state index in [9.17, 15) is 0 Å². The number of hydrogen-bond acceptors (Lipinski definition) is 4. The van der Waals surface area contributed by atoms with Crippen LogP contribution in [0.1, 0.15) is 22.6 Å². The zero-order chi connectivity index (χ0) is 13.0. The monoisotopic (exact) mass is 243 g/mol. The van der Waals surface area contributed by atoms with Crippen molar-refractivity contribution in [3.8, 4) is 5.75 Å². The Morgan fingerprint density at radius 3 is 2.83 bits per heavy atom. The Morgan fingerprint density at radius 2 is 2.17 bits per heavy atom. The zero-order valence-electron chi connectivity index (χ0n) is 10.7. The number of rotatable bonds is 4. The molecule has 2 rings (SSSR count). The Kier molecular flexibility index (Phi) is 3.89. The van der Waals surface area contributed by atoms with Crippen molar-refractivity contribution in [3.63, 3.8) is 0 Å². The van der Waals surface area contributed by atoms with Crippen molar-refractivity contribution < 1.29 is 4.74 Å². The third-order valence-electron chi connectivity index (χ3n) is 2.85. The fourth-order valence-corrected chi connectivity index (χ4v) is 1.79. The van der Waals surface area contributed by atoms with Gasteiger partial charge in [0, 0.05) is 30.4 Å². The van der Waals surface area contributed by atoms with Gasteiger partial charge in [0.2, 0.25) is 0 Å². The molecule has 0 unspecified atom stereocenters. The van der Waals surface area contributed by atoms with Crippen molar-refractivity contribution in [2.24, 2.45) is 5.73 Å². The summed E-state index contributed by atoms with van der Waals surface area (Å²) in [5.41, 5.74) is 8.67. The number of ether oxygens (including phenoxy) is 1. The van der Waals surface area contributed by atoms with Crippen LogP contribution in [0.4, 0.5) is 0 Å². The maximum absolute atomic E-state index is 5.59. The first-order chi connectivity index (χ1) is 8.72. The summed E-state index contributed by atoms with van der Waals surface area (Å²) in [5.74, 6) is 1.65. The molecule has 0 radical (unpaired) electrons. The van der Waals surface area contributed by atoms with Gasteiger partial charge in [-0.15, -0.1) is 0 Å².